The number of rotatable bonds is 5. The summed E-state index contributed by atoms with van der Waals surface area (Å²) in [6.07, 6.45) is 5.80. The molecule has 2 heterocycles. The van der Waals surface area contributed by atoms with E-state index in [0.717, 1.165) is 24.2 Å². The average molecular weight is 261 g/mol. The van der Waals surface area contributed by atoms with E-state index >= 15 is 0 Å². The molecule has 96 valence electrons. The molecule has 3 nitrogen and oxygen atoms in total. The molecule has 0 saturated heterocycles. The lowest BCUT2D eigenvalue weighted by molar-refractivity contribution is 0.560. The van der Waals surface area contributed by atoms with E-state index in [1.807, 2.05) is 37.7 Å². The highest BCUT2D eigenvalue weighted by atomic mass is 32.1. The Balaban J connectivity index is 2.11. The number of hydrogen-bond donors (Lipinski definition) is 1. The molecule has 2 rings (SSSR count). The number of aryl methyl sites for hydroxylation is 2. The van der Waals surface area contributed by atoms with Crippen molar-refractivity contribution in [3.05, 3.63) is 45.7 Å². The molecule has 1 unspecified atom stereocenters. The molecule has 0 aliphatic heterocycles. The fraction of sp³-hybridized carbons (Fsp3) is 0.429. The predicted octanol–water partition coefficient (Wildman–Crippen LogP) is 2.91. The van der Waals surface area contributed by atoms with Crippen LogP contribution < -0.4 is 5.32 Å². The summed E-state index contributed by atoms with van der Waals surface area (Å²) in [5, 5.41) is 3.30. The van der Waals surface area contributed by atoms with Crippen LogP contribution in [0.15, 0.2) is 24.5 Å². The van der Waals surface area contributed by atoms with Crippen molar-refractivity contribution in [3.8, 4) is 0 Å². The van der Waals surface area contributed by atoms with Crippen LogP contribution in [-0.4, -0.2) is 17.0 Å². The van der Waals surface area contributed by atoms with Gasteiger partial charge in [0.15, 0.2) is 0 Å². The van der Waals surface area contributed by atoms with Crippen LogP contribution in [0.1, 0.15) is 34.1 Å². The van der Waals surface area contributed by atoms with Crippen molar-refractivity contribution in [2.75, 3.05) is 7.05 Å². The molecule has 0 aliphatic rings. The summed E-state index contributed by atoms with van der Waals surface area (Å²) >= 11 is 1.88. The Morgan fingerprint density at radius 1 is 1.22 bits per heavy atom. The van der Waals surface area contributed by atoms with Gasteiger partial charge >= 0.3 is 0 Å². The van der Waals surface area contributed by atoms with Crippen LogP contribution in [0.25, 0.3) is 0 Å². The topological polar surface area (TPSA) is 37.8 Å². The van der Waals surface area contributed by atoms with Gasteiger partial charge in [-0.15, -0.1) is 11.3 Å². The Hall–Kier alpha value is -1.26. The highest BCUT2D eigenvalue weighted by molar-refractivity contribution is 7.11. The average Bonchev–Trinajstić information content (AvgIpc) is 2.85. The maximum absolute atomic E-state index is 4.40. The summed E-state index contributed by atoms with van der Waals surface area (Å²) in [5.41, 5.74) is 1.10. The molecule has 0 spiro atoms. The minimum absolute atomic E-state index is 0.189. The largest absolute Gasteiger partial charge is 0.310 e. The highest BCUT2D eigenvalue weighted by Gasteiger charge is 2.14. The quantitative estimate of drug-likeness (QED) is 0.899. The lowest BCUT2D eigenvalue weighted by Crippen LogP contribution is -2.20. The van der Waals surface area contributed by atoms with Gasteiger partial charge in [0.2, 0.25) is 0 Å². The van der Waals surface area contributed by atoms with Gasteiger partial charge in [-0.05, 0) is 38.1 Å². The second-order valence-electron chi connectivity index (χ2n) is 4.39. The fourth-order valence-corrected chi connectivity index (χ4v) is 2.83. The molecule has 1 atom stereocenters. The molecule has 18 heavy (non-hydrogen) atoms. The normalized spacial score (nSPS) is 12.6. The van der Waals surface area contributed by atoms with Crippen LogP contribution in [0.3, 0.4) is 0 Å². The molecule has 0 radical (unpaired) electrons. The van der Waals surface area contributed by atoms with E-state index in [2.05, 4.69) is 34.3 Å². The van der Waals surface area contributed by atoms with E-state index in [1.54, 1.807) is 0 Å². The van der Waals surface area contributed by atoms with Gasteiger partial charge in [0.05, 0.1) is 6.04 Å². The molecule has 2 aromatic rings. The lowest BCUT2D eigenvalue weighted by atomic mass is 10.1. The second-order valence-corrected chi connectivity index (χ2v) is 5.64. The van der Waals surface area contributed by atoms with Gasteiger partial charge in [0, 0.05) is 28.6 Å². The van der Waals surface area contributed by atoms with Crippen molar-refractivity contribution < 1.29 is 0 Å². The fourth-order valence-electron chi connectivity index (χ4n) is 1.83. The third kappa shape index (κ3) is 3.15. The lowest BCUT2D eigenvalue weighted by Gasteiger charge is -2.13. The minimum Gasteiger partial charge on any atom is -0.310 e. The summed E-state index contributed by atoms with van der Waals surface area (Å²) in [7, 11) is 1.96. The Morgan fingerprint density at radius 2 is 1.89 bits per heavy atom. The molecular formula is C14H19N3S. The zero-order chi connectivity index (χ0) is 13.0. The molecule has 1 N–H and O–H groups in total. The van der Waals surface area contributed by atoms with E-state index in [0.29, 0.717) is 0 Å². The standard InChI is InChI=1S/C14H19N3S/c1-4-11-5-6-12(18-11)7-13(15-3)14-16-8-10(2)9-17-14/h5-6,8-9,13,15H,4,7H2,1-3H3. The van der Waals surface area contributed by atoms with E-state index in [1.165, 1.54) is 9.75 Å². The van der Waals surface area contributed by atoms with Gasteiger partial charge in [-0.1, -0.05) is 6.92 Å². The van der Waals surface area contributed by atoms with E-state index in [4.69, 9.17) is 0 Å². The highest BCUT2D eigenvalue weighted by Crippen LogP contribution is 2.22. The van der Waals surface area contributed by atoms with Gasteiger partial charge in [0.25, 0.3) is 0 Å². The van der Waals surface area contributed by atoms with Crippen molar-refractivity contribution in [1.82, 2.24) is 15.3 Å². The van der Waals surface area contributed by atoms with Crippen LogP contribution in [0.5, 0.6) is 0 Å². The first-order valence-electron chi connectivity index (χ1n) is 6.26. The van der Waals surface area contributed by atoms with Crippen LogP contribution in [0, 0.1) is 6.92 Å². The molecule has 0 bridgehead atoms. The number of thiophene rings is 1. The number of hydrogen-bond acceptors (Lipinski definition) is 4. The maximum atomic E-state index is 4.40. The number of likely N-dealkylation sites (N-methyl/N-ethyl adjacent to an activating group) is 1. The molecule has 0 amide bonds. The van der Waals surface area contributed by atoms with Crippen LogP contribution in [0.2, 0.25) is 0 Å². The van der Waals surface area contributed by atoms with Crippen molar-refractivity contribution in [3.63, 3.8) is 0 Å². The summed E-state index contributed by atoms with van der Waals surface area (Å²) in [5.74, 6) is 0.870. The van der Waals surface area contributed by atoms with Crippen molar-refractivity contribution in [1.29, 1.82) is 0 Å². The van der Waals surface area contributed by atoms with Crippen LogP contribution >= 0.6 is 11.3 Å². The van der Waals surface area contributed by atoms with Gasteiger partial charge in [-0.25, -0.2) is 9.97 Å². The summed E-state index contributed by atoms with van der Waals surface area (Å²) in [6, 6.07) is 4.61. The van der Waals surface area contributed by atoms with E-state index in [-0.39, 0.29) is 6.04 Å². The van der Waals surface area contributed by atoms with Crippen molar-refractivity contribution in [2.24, 2.45) is 0 Å². The van der Waals surface area contributed by atoms with Gasteiger partial charge in [-0.2, -0.15) is 0 Å². The Bertz CT molecular complexity index is 490. The zero-order valence-electron chi connectivity index (χ0n) is 11.1. The third-order valence-electron chi connectivity index (χ3n) is 2.93. The summed E-state index contributed by atoms with van der Waals surface area (Å²) in [6.45, 7) is 4.19. The monoisotopic (exact) mass is 261 g/mol. The third-order valence-corrected chi connectivity index (χ3v) is 4.18. The zero-order valence-corrected chi connectivity index (χ0v) is 11.9. The summed E-state index contributed by atoms with van der Waals surface area (Å²) in [4.78, 5) is 11.6. The number of nitrogens with one attached hydrogen (secondary N) is 1. The Morgan fingerprint density at radius 3 is 2.44 bits per heavy atom. The number of nitrogens with zero attached hydrogens (tertiary/aromatic N) is 2. The first-order valence-corrected chi connectivity index (χ1v) is 7.08. The van der Waals surface area contributed by atoms with E-state index < -0.39 is 0 Å². The maximum Gasteiger partial charge on any atom is 0.145 e. The molecule has 0 saturated carbocycles. The van der Waals surface area contributed by atoms with E-state index in [9.17, 15) is 0 Å². The van der Waals surface area contributed by atoms with Crippen LogP contribution in [0.4, 0.5) is 0 Å². The molecule has 0 aliphatic carbocycles. The Labute approximate surface area is 112 Å². The van der Waals surface area contributed by atoms with Crippen molar-refractivity contribution in [2.45, 2.75) is 32.7 Å². The Kier molecular flexibility index (Phi) is 4.44. The first-order chi connectivity index (χ1) is 8.72. The molecule has 4 heteroatoms. The summed E-state index contributed by atoms with van der Waals surface area (Å²) < 4.78 is 0. The molecule has 0 aromatic carbocycles. The minimum atomic E-state index is 0.189. The van der Waals surface area contributed by atoms with Crippen LogP contribution in [-0.2, 0) is 12.8 Å². The molecule has 2 aromatic heterocycles. The predicted molar refractivity (Wildman–Crippen MR) is 76.0 cm³/mol. The first kappa shape index (κ1) is 13.2. The smallest absolute Gasteiger partial charge is 0.145 e. The van der Waals surface area contributed by atoms with Crippen molar-refractivity contribution >= 4 is 11.3 Å². The SMILES string of the molecule is CCc1ccc(CC(NC)c2ncc(C)cn2)s1. The van der Waals surface area contributed by atoms with Gasteiger partial charge < -0.3 is 5.32 Å². The molecular weight excluding hydrogens is 242 g/mol. The van der Waals surface area contributed by atoms with Gasteiger partial charge in [0.1, 0.15) is 5.82 Å². The molecule has 0 fully saturated rings. The number of aromatic nitrogens is 2. The van der Waals surface area contributed by atoms with Gasteiger partial charge in [-0.3, -0.25) is 0 Å². The second kappa shape index (κ2) is 6.07.